The molecule has 0 spiro atoms. The Labute approximate surface area is 93.1 Å². The van der Waals surface area contributed by atoms with Crippen LogP contribution in [0.4, 0.5) is 12.6 Å². The molecule has 0 saturated carbocycles. The standard InChI is InChI=1S/CHNO4S.F3OP.Na/c3-1-2-7(4,5)6;1-5(2,3)4;/h(H,4,5,6);;. The first-order chi connectivity index (χ1) is 5.06. The van der Waals surface area contributed by atoms with E-state index < -0.39 is 18.4 Å². The number of carbonyl (C=O) groups excluding carboxylic acids is 1. The summed E-state index contributed by atoms with van der Waals surface area (Å²) in [6, 6.07) is 0. The van der Waals surface area contributed by atoms with Crippen molar-refractivity contribution in [2.75, 3.05) is 0 Å². The van der Waals surface area contributed by atoms with Gasteiger partial charge in [-0.15, -0.1) is 12.6 Å². The third-order valence-corrected chi connectivity index (χ3v) is 0.458. The number of isocyanates is 1. The molecule has 12 heteroatoms. The Hall–Kier alpha value is 0.310. The zero-order valence-corrected chi connectivity index (χ0v) is 9.73. The Morgan fingerprint density at radius 3 is 1.54 bits per heavy atom. The van der Waals surface area contributed by atoms with E-state index in [0.717, 1.165) is 0 Å². The summed E-state index contributed by atoms with van der Waals surface area (Å²) in [6.45, 7) is 0. The molecular weight excluding hydrogens is 249 g/mol. The van der Waals surface area contributed by atoms with Gasteiger partial charge in [0.25, 0.3) is 6.08 Å². The first-order valence-corrected chi connectivity index (χ1v) is 4.59. The fourth-order valence-corrected chi connectivity index (χ4v) is 0.141. The van der Waals surface area contributed by atoms with Crippen LogP contribution in [-0.2, 0) is 19.7 Å². The Bertz CT molecular complexity index is 308. The summed E-state index contributed by atoms with van der Waals surface area (Å²) in [5, 5.41) is 0. The van der Waals surface area contributed by atoms with Crippen molar-refractivity contribution in [2.24, 2.45) is 4.40 Å². The second-order valence-corrected chi connectivity index (χ2v) is 2.90. The van der Waals surface area contributed by atoms with Crippen LogP contribution in [0.2, 0.25) is 0 Å². The van der Waals surface area contributed by atoms with Gasteiger partial charge in [-0.3, -0.25) is 4.55 Å². The van der Waals surface area contributed by atoms with E-state index >= 15 is 0 Å². The molecule has 0 aromatic heterocycles. The van der Waals surface area contributed by atoms with Gasteiger partial charge in [-0.1, -0.05) is 4.40 Å². The molecule has 0 amide bonds. The van der Waals surface area contributed by atoms with Crippen molar-refractivity contribution in [1.29, 1.82) is 0 Å². The summed E-state index contributed by atoms with van der Waals surface area (Å²) in [4.78, 5) is 8.99. The molecule has 0 fully saturated rings. The second kappa shape index (κ2) is 7.69. The third kappa shape index (κ3) is 70.4. The molecular formula is CHF3NNaO5PS. The largest absolute Gasteiger partial charge is 0.591 e. The average molecular weight is 250 g/mol. The number of rotatable bonds is 1. The molecule has 0 rings (SSSR count). The van der Waals surface area contributed by atoms with Gasteiger partial charge in [-0.05, 0) is 0 Å². The van der Waals surface area contributed by atoms with Crippen LogP contribution in [0.1, 0.15) is 0 Å². The first-order valence-electron chi connectivity index (χ1n) is 1.82. The quantitative estimate of drug-likeness (QED) is 0.243. The number of nitrogens with zero attached hydrogens (tertiary/aromatic N) is 1. The van der Waals surface area contributed by atoms with Crippen LogP contribution in [0, 0.1) is 0 Å². The third-order valence-electron chi connectivity index (χ3n) is 0.153. The fraction of sp³-hybridized carbons (Fsp3) is 0. The van der Waals surface area contributed by atoms with Crippen LogP contribution in [-0.4, -0.2) is 48.6 Å². The van der Waals surface area contributed by atoms with E-state index in [0.29, 0.717) is 6.08 Å². The smallest absolute Gasteiger partial charge is 0.267 e. The molecule has 1 radical (unpaired) electrons. The SMILES string of the molecule is O=C=NS(=O)(=O)O.O=P(F)(F)F.[Na]. The molecule has 73 valence electrons. The maximum atomic E-state index is 9.91. The van der Waals surface area contributed by atoms with Gasteiger partial charge in [-0.2, -0.15) is 8.42 Å². The van der Waals surface area contributed by atoms with Crippen LogP contribution in [0.15, 0.2) is 4.40 Å². The van der Waals surface area contributed by atoms with Crippen LogP contribution in [0.3, 0.4) is 0 Å². The molecule has 0 saturated heterocycles. The molecule has 0 aliphatic carbocycles. The average Bonchev–Trinajstić information content (AvgIpc) is 1.54. The molecule has 0 unspecified atom stereocenters. The van der Waals surface area contributed by atoms with Crippen molar-refractivity contribution in [2.45, 2.75) is 0 Å². The van der Waals surface area contributed by atoms with Gasteiger partial charge in [-0.25, -0.2) is 9.36 Å². The van der Waals surface area contributed by atoms with E-state index in [-0.39, 0.29) is 29.6 Å². The summed E-state index contributed by atoms with van der Waals surface area (Å²) in [6.07, 6.45) is 0.645. The summed E-state index contributed by atoms with van der Waals surface area (Å²) in [5.41, 5.74) is 0. The van der Waals surface area contributed by atoms with Gasteiger partial charge in [0.2, 0.25) is 0 Å². The predicted octanol–water partition coefficient (Wildman–Crippen LogP) is 0.747. The van der Waals surface area contributed by atoms with Crippen LogP contribution in [0.25, 0.3) is 0 Å². The molecule has 0 heterocycles. The Morgan fingerprint density at radius 1 is 1.31 bits per heavy atom. The van der Waals surface area contributed by atoms with Crippen LogP contribution in [0.5, 0.6) is 0 Å². The molecule has 0 atom stereocenters. The van der Waals surface area contributed by atoms with Gasteiger partial charge in [0.05, 0.1) is 0 Å². The molecule has 0 aromatic carbocycles. The summed E-state index contributed by atoms with van der Waals surface area (Å²) < 4.78 is 66.2. The maximum absolute atomic E-state index is 9.91. The zero-order valence-electron chi connectivity index (χ0n) is 6.02. The van der Waals surface area contributed by atoms with Crippen LogP contribution >= 0.6 is 8.07 Å². The topological polar surface area (TPSA) is 101 Å². The monoisotopic (exact) mass is 250 g/mol. The maximum Gasteiger partial charge on any atom is 0.591 e. The summed E-state index contributed by atoms with van der Waals surface area (Å²) in [5.74, 6) is 0. The van der Waals surface area contributed by atoms with Gasteiger partial charge < -0.3 is 0 Å². The van der Waals surface area contributed by atoms with Crippen molar-refractivity contribution in [3.05, 3.63) is 0 Å². The zero-order chi connectivity index (χ0) is 10.4. The number of hydrogen-bond donors (Lipinski definition) is 1. The first kappa shape index (κ1) is 19.0. The van der Waals surface area contributed by atoms with Crippen molar-refractivity contribution < 1.29 is 34.9 Å². The van der Waals surface area contributed by atoms with Gasteiger partial charge in [0.1, 0.15) is 0 Å². The Morgan fingerprint density at radius 2 is 1.54 bits per heavy atom. The molecule has 0 aliphatic rings. The van der Waals surface area contributed by atoms with Crippen molar-refractivity contribution in [3.8, 4) is 0 Å². The second-order valence-electron chi connectivity index (χ2n) is 1.03. The van der Waals surface area contributed by atoms with Gasteiger partial charge in [0.15, 0.2) is 0 Å². The predicted molar refractivity (Wildman–Crippen MR) is 36.4 cm³/mol. The minimum atomic E-state index is -6.14. The Balaban J connectivity index is -0.000000150. The molecule has 6 nitrogen and oxygen atoms in total. The molecule has 0 aliphatic heterocycles. The van der Waals surface area contributed by atoms with E-state index in [1.54, 1.807) is 0 Å². The van der Waals surface area contributed by atoms with Gasteiger partial charge >= 0.3 is 18.4 Å². The minimum absolute atomic E-state index is 0. The van der Waals surface area contributed by atoms with Crippen molar-refractivity contribution in [3.63, 3.8) is 0 Å². The Kier molecular flexibility index (Phi) is 11.2. The number of hydrogen-bond acceptors (Lipinski definition) is 4. The van der Waals surface area contributed by atoms with Crippen molar-refractivity contribution in [1.82, 2.24) is 0 Å². The van der Waals surface area contributed by atoms with E-state index in [2.05, 4.69) is 0 Å². The summed E-state index contributed by atoms with van der Waals surface area (Å²) in [7, 11) is -10.6. The van der Waals surface area contributed by atoms with E-state index in [4.69, 9.17) is 13.9 Å². The van der Waals surface area contributed by atoms with Crippen molar-refractivity contribution >= 4 is 54.0 Å². The van der Waals surface area contributed by atoms with E-state index in [9.17, 15) is 21.0 Å². The van der Waals surface area contributed by atoms with Crippen LogP contribution < -0.4 is 0 Å². The minimum Gasteiger partial charge on any atom is -0.267 e. The summed E-state index contributed by atoms with van der Waals surface area (Å²) >= 11 is 0. The molecule has 1 N–H and O–H groups in total. The molecule has 13 heavy (non-hydrogen) atoms. The van der Waals surface area contributed by atoms with E-state index in [1.165, 1.54) is 0 Å². The fourth-order valence-electron chi connectivity index (χ4n) is 0.0471. The normalized spacial score (nSPS) is 9.85. The molecule has 0 aromatic rings. The number of halogens is 3. The van der Waals surface area contributed by atoms with Gasteiger partial charge in [0, 0.05) is 29.6 Å². The van der Waals surface area contributed by atoms with E-state index in [1.807, 2.05) is 4.40 Å². The molecule has 0 bridgehead atoms.